The number of nitrogens with one attached hydrogen (secondary N) is 1. The lowest BCUT2D eigenvalue weighted by Gasteiger charge is -2.22. The van der Waals surface area contributed by atoms with Gasteiger partial charge in [-0.3, -0.25) is 13.9 Å². The van der Waals surface area contributed by atoms with Crippen molar-refractivity contribution < 1.29 is 13.8 Å². The molecule has 0 saturated heterocycles. The van der Waals surface area contributed by atoms with Crippen LogP contribution < -0.4 is 9.62 Å². The second kappa shape index (κ2) is 11.9. The number of hydrogen-bond donors (Lipinski definition) is 1. The Hall–Kier alpha value is -2.48. The molecule has 0 bridgehead atoms. The van der Waals surface area contributed by atoms with Gasteiger partial charge >= 0.3 is 0 Å². The molecule has 0 aliphatic heterocycles. The van der Waals surface area contributed by atoms with Crippen molar-refractivity contribution in [1.82, 2.24) is 0 Å². The van der Waals surface area contributed by atoms with E-state index >= 15 is 0 Å². The van der Waals surface area contributed by atoms with E-state index in [-0.39, 0.29) is 5.91 Å². The van der Waals surface area contributed by atoms with Gasteiger partial charge in [0.05, 0.1) is 10.6 Å². The number of amides is 1. The molecule has 2 rings (SSSR count). The van der Waals surface area contributed by atoms with Crippen molar-refractivity contribution in [2.45, 2.75) is 20.3 Å². The van der Waals surface area contributed by atoms with Crippen LogP contribution >= 0.6 is 27.5 Å². The summed E-state index contributed by atoms with van der Waals surface area (Å²) in [5.74, 6) is -0.364. The average molecular weight is 536 g/mol. The lowest BCUT2D eigenvalue weighted by atomic mass is 10.0. The first kappa shape index (κ1) is 25.8. The summed E-state index contributed by atoms with van der Waals surface area (Å²) in [5.41, 5.74) is 2.50. The number of carbonyl (C=O) groups excluding carboxylic acids is 2. The Kier molecular flexibility index (Phi) is 9.62. The molecule has 0 spiro atoms. The first-order valence-electron chi connectivity index (χ1n) is 9.73. The lowest BCUT2D eigenvalue weighted by molar-refractivity contribution is -0.113. The lowest BCUT2D eigenvalue weighted by Crippen LogP contribution is -2.24. The second-order valence-corrected chi connectivity index (χ2v) is 9.59. The van der Waals surface area contributed by atoms with Gasteiger partial charge in [-0.1, -0.05) is 47.1 Å². The zero-order valence-corrected chi connectivity index (χ0v) is 21.2. The van der Waals surface area contributed by atoms with Crippen LogP contribution in [0.2, 0.25) is 5.02 Å². The number of nitrogens with zero attached hydrogens (tertiary/aromatic N) is 1. The number of rotatable bonds is 9. The van der Waals surface area contributed by atoms with E-state index in [1.54, 1.807) is 66.8 Å². The molecule has 1 unspecified atom stereocenters. The van der Waals surface area contributed by atoms with Gasteiger partial charge in [0.25, 0.3) is 5.91 Å². The van der Waals surface area contributed by atoms with Gasteiger partial charge in [-0.15, -0.1) is 0 Å². The number of allylic oxidation sites excluding steroid dienone is 3. The minimum atomic E-state index is -1.60. The summed E-state index contributed by atoms with van der Waals surface area (Å²) in [6, 6.07) is 12.0. The quantitative estimate of drug-likeness (QED) is 0.228. The third-order valence-corrected chi connectivity index (χ3v) is 7.01. The van der Waals surface area contributed by atoms with Crippen molar-refractivity contribution >= 4 is 62.1 Å². The van der Waals surface area contributed by atoms with Crippen molar-refractivity contribution in [3.8, 4) is 0 Å². The smallest absolute Gasteiger partial charge is 0.251 e. The summed E-state index contributed by atoms with van der Waals surface area (Å²) < 4.78 is 15.7. The van der Waals surface area contributed by atoms with Gasteiger partial charge in [-0.05, 0) is 67.5 Å². The highest BCUT2D eigenvalue weighted by Gasteiger charge is 2.21. The molecule has 0 aliphatic carbocycles. The highest BCUT2D eigenvalue weighted by molar-refractivity contribution is 9.10. The summed E-state index contributed by atoms with van der Waals surface area (Å²) in [6.45, 7) is 7.32. The summed E-state index contributed by atoms with van der Waals surface area (Å²) >= 11 is 9.27. The van der Waals surface area contributed by atoms with Gasteiger partial charge in [0.2, 0.25) is 0 Å². The van der Waals surface area contributed by atoms with Crippen LogP contribution in [0.5, 0.6) is 0 Å². The first-order chi connectivity index (χ1) is 15.2. The second-order valence-electron chi connectivity index (χ2n) is 6.75. The van der Waals surface area contributed by atoms with Crippen LogP contribution in [0.1, 0.15) is 30.6 Å². The van der Waals surface area contributed by atoms with Gasteiger partial charge in [0.15, 0.2) is 17.3 Å². The number of carbonyl (C=O) groups is 2. The van der Waals surface area contributed by atoms with E-state index in [1.807, 2.05) is 6.92 Å². The Bertz CT molecular complexity index is 1110. The highest BCUT2D eigenvalue weighted by Crippen LogP contribution is 2.27. The molecule has 2 aromatic carbocycles. The average Bonchev–Trinajstić information content (AvgIpc) is 2.78. The standard InChI is InChI=1S/C24H24BrClN2O3S/c1-5-7-23(32(31)28(4)20-11-9-19(26)10-12-20)16(3)21(6-2)24(30)27-22-13-8-18(25)14-17(22)15-29/h5,7-15H,1,6H2,2-4H3,(H,27,30)/b21-16+,23-7+. The summed E-state index contributed by atoms with van der Waals surface area (Å²) in [6.07, 6.45) is 4.26. The van der Waals surface area contributed by atoms with Crippen molar-refractivity contribution in [2.75, 3.05) is 16.7 Å². The normalized spacial score (nSPS) is 13.1. The molecule has 0 fully saturated rings. The maximum Gasteiger partial charge on any atom is 0.251 e. The molecule has 1 N–H and O–H groups in total. The van der Waals surface area contributed by atoms with E-state index in [2.05, 4.69) is 27.8 Å². The molecule has 5 nitrogen and oxygen atoms in total. The number of hydrogen-bond acceptors (Lipinski definition) is 3. The van der Waals surface area contributed by atoms with Crippen LogP contribution in [-0.2, 0) is 15.8 Å². The van der Waals surface area contributed by atoms with Crippen molar-refractivity contribution in [2.24, 2.45) is 0 Å². The van der Waals surface area contributed by atoms with Gasteiger partial charge in [0.1, 0.15) is 0 Å². The zero-order valence-electron chi connectivity index (χ0n) is 18.0. The topological polar surface area (TPSA) is 66.5 Å². The molecular weight excluding hydrogens is 512 g/mol. The molecule has 0 aliphatic rings. The van der Waals surface area contributed by atoms with Crippen molar-refractivity contribution in [1.29, 1.82) is 0 Å². The largest absolute Gasteiger partial charge is 0.322 e. The third kappa shape index (κ3) is 6.28. The van der Waals surface area contributed by atoms with E-state index < -0.39 is 11.0 Å². The Balaban J connectivity index is 2.41. The Morgan fingerprint density at radius 2 is 1.91 bits per heavy atom. The third-order valence-electron chi connectivity index (χ3n) is 4.74. The molecule has 0 saturated carbocycles. The minimum Gasteiger partial charge on any atom is -0.322 e. The first-order valence-corrected chi connectivity index (χ1v) is 12.0. The van der Waals surface area contributed by atoms with Crippen molar-refractivity contribution in [3.63, 3.8) is 0 Å². The van der Waals surface area contributed by atoms with Crippen LogP contribution in [0.25, 0.3) is 0 Å². The number of aldehydes is 1. The maximum absolute atomic E-state index is 13.4. The van der Waals surface area contributed by atoms with Crippen molar-refractivity contribution in [3.05, 3.63) is 92.3 Å². The SMILES string of the molecule is C=C/C=C(\C(C)=C(/CC)C(=O)Nc1ccc(Br)cc1C=O)S(=O)N(C)c1ccc(Cl)cc1. The molecule has 0 heterocycles. The Morgan fingerprint density at radius 1 is 1.25 bits per heavy atom. The molecular formula is C24H24BrClN2O3S. The summed E-state index contributed by atoms with van der Waals surface area (Å²) in [7, 11) is 0.0973. The molecule has 32 heavy (non-hydrogen) atoms. The molecule has 2 aromatic rings. The van der Waals surface area contributed by atoms with Crippen LogP contribution in [0.4, 0.5) is 11.4 Å². The van der Waals surface area contributed by atoms with Crippen LogP contribution in [0.15, 0.2) is 81.7 Å². The molecule has 8 heteroatoms. The maximum atomic E-state index is 13.4. The molecule has 0 aromatic heterocycles. The van der Waals surface area contributed by atoms with Gasteiger partial charge in [0, 0.05) is 33.4 Å². The Morgan fingerprint density at radius 3 is 2.47 bits per heavy atom. The van der Waals surface area contributed by atoms with E-state index in [0.29, 0.717) is 50.7 Å². The summed E-state index contributed by atoms with van der Waals surface area (Å²) in [5, 5.41) is 3.38. The predicted octanol–water partition coefficient (Wildman–Crippen LogP) is 6.45. The van der Waals surface area contributed by atoms with E-state index in [9.17, 15) is 13.8 Å². The number of anilines is 2. The van der Waals surface area contributed by atoms with Crippen LogP contribution in [-0.4, -0.2) is 23.4 Å². The zero-order chi connectivity index (χ0) is 23.8. The van der Waals surface area contributed by atoms with Crippen LogP contribution in [0, 0.1) is 0 Å². The van der Waals surface area contributed by atoms with E-state index in [0.717, 1.165) is 4.47 Å². The fraction of sp³-hybridized carbons (Fsp3) is 0.167. The summed E-state index contributed by atoms with van der Waals surface area (Å²) in [4.78, 5) is 24.9. The number of halogens is 2. The number of benzene rings is 2. The minimum absolute atomic E-state index is 0.355. The van der Waals surface area contributed by atoms with E-state index in [1.165, 1.54) is 6.08 Å². The molecule has 1 atom stereocenters. The molecule has 0 radical (unpaired) electrons. The van der Waals surface area contributed by atoms with Gasteiger partial charge in [-0.25, -0.2) is 4.21 Å². The van der Waals surface area contributed by atoms with Crippen LogP contribution in [0.3, 0.4) is 0 Å². The Labute approximate surface area is 204 Å². The molecule has 168 valence electrons. The fourth-order valence-corrected chi connectivity index (χ4v) is 4.71. The monoisotopic (exact) mass is 534 g/mol. The van der Waals surface area contributed by atoms with Gasteiger partial charge < -0.3 is 5.32 Å². The highest BCUT2D eigenvalue weighted by atomic mass is 79.9. The van der Waals surface area contributed by atoms with Gasteiger partial charge in [-0.2, -0.15) is 0 Å². The fourth-order valence-electron chi connectivity index (χ4n) is 3.00. The van der Waals surface area contributed by atoms with E-state index in [4.69, 9.17) is 11.6 Å². The molecule has 1 amide bonds. The predicted molar refractivity (Wildman–Crippen MR) is 137 cm³/mol.